The normalized spacial score (nSPS) is 15.4. The standard InChI is InChI=1S/C16H22N2O3/c1-2-3-8-13(17)15(19)18-10-5-7-11-12(16(20)21)6-4-9-14(11)18/h4,6,9,13H,2-3,5,7-8,10,17H2,1H3,(H,20,21)/t13-/m0/s1. The van der Waals surface area contributed by atoms with Crippen molar-refractivity contribution < 1.29 is 14.7 Å². The van der Waals surface area contributed by atoms with Crippen molar-refractivity contribution in [3.8, 4) is 0 Å². The van der Waals surface area contributed by atoms with Gasteiger partial charge in [-0.15, -0.1) is 0 Å². The minimum atomic E-state index is -0.948. The molecule has 2 rings (SSSR count). The first-order valence-corrected chi connectivity index (χ1v) is 7.48. The van der Waals surface area contributed by atoms with Gasteiger partial charge in [-0.3, -0.25) is 4.79 Å². The van der Waals surface area contributed by atoms with Crippen LogP contribution in [0.5, 0.6) is 0 Å². The summed E-state index contributed by atoms with van der Waals surface area (Å²) >= 11 is 0. The Kier molecular flexibility index (Phi) is 4.96. The zero-order valence-corrected chi connectivity index (χ0v) is 12.3. The molecule has 1 atom stereocenters. The molecule has 0 aromatic heterocycles. The molecular weight excluding hydrogens is 268 g/mol. The van der Waals surface area contributed by atoms with Crippen LogP contribution in [0.3, 0.4) is 0 Å². The topological polar surface area (TPSA) is 83.6 Å². The summed E-state index contributed by atoms with van der Waals surface area (Å²) in [6, 6.07) is 4.58. The van der Waals surface area contributed by atoms with E-state index >= 15 is 0 Å². The molecule has 3 N–H and O–H groups in total. The van der Waals surface area contributed by atoms with Gasteiger partial charge in [0.25, 0.3) is 0 Å². The second kappa shape index (κ2) is 6.72. The van der Waals surface area contributed by atoms with Gasteiger partial charge >= 0.3 is 5.97 Å². The number of nitrogens with two attached hydrogens (primary N) is 1. The van der Waals surface area contributed by atoms with E-state index in [2.05, 4.69) is 6.92 Å². The van der Waals surface area contributed by atoms with Crippen molar-refractivity contribution in [2.24, 2.45) is 5.73 Å². The highest BCUT2D eigenvalue weighted by Gasteiger charge is 2.28. The Morgan fingerprint density at radius 2 is 2.19 bits per heavy atom. The van der Waals surface area contributed by atoms with Crippen molar-refractivity contribution in [1.29, 1.82) is 0 Å². The van der Waals surface area contributed by atoms with Gasteiger partial charge in [-0.1, -0.05) is 25.8 Å². The minimum Gasteiger partial charge on any atom is -0.478 e. The van der Waals surface area contributed by atoms with Crippen molar-refractivity contribution in [1.82, 2.24) is 0 Å². The smallest absolute Gasteiger partial charge is 0.336 e. The van der Waals surface area contributed by atoms with Crippen LogP contribution in [0.2, 0.25) is 0 Å². The number of hydrogen-bond donors (Lipinski definition) is 2. The van der Waals surface area contributed by atoms with E-state index in [1.807, 2.05) is 6.07 Å². The Bertz CT molecular complexity index is 542. The number of carbonyl (C=O) groups is 2. The van der Waals surface area contributed by atoms with Gasteiger partial charge in [0.1, 0.15) is 0 Å². The molecule has 1 amide bonds. The second-order valence-electron chi connectivity index (χ2n) is 5.45. The molecule has 0 fully saturated rings. The summed E-state index contributed by atoms with van der Waals surface area (Å²) in [4.78, 5) is 25.5. The number of hydrogen-bond acceptors (Lipinski definition) is 3. The summed E-state index contributed by atoms with van der Waals surface area (Å²) in [5.74, 6) is -1.05. The number of unbranched alkanes of at least 4 members (excludes halogenated alkanes) is 1. The van der Waals surface area contributed by atoms with Gasteiger partial charge in [0.15, 0.2) is 0 Å². The lowest BCUT2D eigenvalue weighted by Gasteiger charge is -2.32. The molecule has 0 spiro atoms. The highest BCUT2D eigenvalue weighted by Crippen LogP contribution is 2.30. The Balaban J connectivity index is 2.28. The monoisotopic (exact) mass is 290 g/mol. The molecule has 0 radical (unpaired) electrons. The van der Waals surface area contributed by atoms with Crippen LogP contribution in [0.1, 0.15) is 48.5 Å². The third-order valence-corrected chi connectivity index (χ3v) is 3.93. The molecule has 1 aliphatic rings. The predicted molar refractivity (Wildman–Crippen MR) is 81.6 cm³/mol. The van der Waals surface area contributed by atoms with Crippen molar-refractivity contribution in [3.05, 3.63) is 29.3 Å². The van der Waals surface area contributed by atoms with Gasteiger partial charge in [-0.25, -0.2) is 4.79 Å². The molecule has 114 valence electrons. The van der Waals surface area contributed by atoms with Crippen molar-refractivity contribution in [3.63, 3.8) is 0 Å². The Morgan fingerprint density at radius 3 is 2.86 bits per heavy atom. The number of aromatic carboxylic acids is 1. The molecule has 5 nitrogen and oxygen atoms in total. The van der Waals surface area contributed by atoms with Crippen LogP contribution in [0.25, 0.3) is 0 Å². The highest BCUT2D eigenvalue weighted by molar-refractivity contribution is 6.00. The second-order valence-corrected chi connectivity index (χ2v) is 5.45. The van der Waals surface area contributed by atoms with E-state index in [-0.39, 0.29) is 11.5 Å². The van der Waals surface area contributed by atoms with Crippen molar-refractivity contribution >= 4 is 17.6 Å². The van der Waals surface area contributed by atoms with E-state index < -0.39 is 12.0 Å². The van der Waals surface area contributed by atoms with E-state index in [0.29, 0.717) is 25.1 Å². The van der Waals surface area contributed by atoms with Crippen LogP contribution in [0, 0.1) is 0 Å². The molecule has 5 heteroatoms. The molecule has 0 aliphatic carbocycles. The van der Waals surface area contributed by atoms with Crippen LogP contribution >= 0.6 is 0 Å². The van der Waals surface area contributed by atoms with E-state index in [1.165, 1.54) is 0 Å². The number of benzene rings is 1. The molecule has 1 aromatic carbocycles. The third kappa shape index (κ3) is 3.24. The molecule has 0 bridgehead atoms. The van der Waals surface area contributed by atoms with Crippen LogP contribution in [-0.2, 0) is 11.2 Å². The van der Waals surface area contributed by atoms with E-state index in [4.69, 9.17) is 5.73 Å². The third-order valence-electron chi connectivity index (χ3n) is 3.93. The molecule has 21 heavy (non-hydrogen) atoms. The molecular formula is C16H22N2O3. The average molecular weight is 290 g/mol. The summed E-state index contributed by atoms with van der Waals surface area (Å²) < 4.78 is 0. The molecule has 1 aliphatic heterocycles. The van der Waals surface area contributed by atoms with Crippen LogP contribution in [-0.4, -0.2) is 29.6 Å². The lowest BCUT2D eigenvalue weighted by Crippen LogP contribution is -2.46. The fraction of sp³-hybridized carbons (Fsp3) is 0.500. The maximum atomic E-state index is 12.5. The first kappa shape index (κ1) is 15.5. The lowest BCUT2D eigenvalue weighted by atomic mass is 9.95. The van der Waals surface area contributed by atoms with Crippen LogP contribution < -0.4 is 10.6 Å². The zero-order valence-electron chi connectivity index (χ0n) is 12.3. The SMILES string of the molecule is CCCC[C@H](N)C(=O)N1CCCc2c(C(=O)O)cccc21. The minimum absolute atomic E-state index is 0.105. The van der Waals surface area contributed by atoms with E-state index in [9.17, 15) is 14.7 Å². The summed E-state index contributed by atoms with van der Waals surface area (Å²) in [6.45, 7) is 2.67. The van der Waals surface area contributed by atoms with Crippen LogP contribution in [0.4, 0.5) is 5.69 Å². The largest absolute Gasteiger partial charge is 0.478 e. The molecule has 0 saturated heterocycles. The first-order valence-electron chi connectivity index (χ1n) is 7.48. The van der Waals surface area contributed by atoms with E-state index in [0.717, 1.165) is 24.8 Å². The summed E-state index contributed by atoms with van der Waals surface area (Å²) in [5, 5.41) is 9.26. The van der Waals surface area contributed by atoms with E-state index in [1.54, 1.807) is 17.0 Å². The number of carboxylic acids is 1. The molecule has 0 saturated carbocycles. The number of amides is 1. The maximum absolute atomic E-state index is 12.5. The maximum Gasteiger partial charge on any atom is 0.336 e. The fourth-order valence-electron chi connectivity index (χ4n) is 2.80. The molecule has 0 unspecified atom stereocenters. The number of nitrogens with zero attached hydrogens (tertiary/aromatic N) is 1. The Labute approximate surface area is 124 Å². The zero-order chi connectivity index (χ0) is 15.4. The van der Waals surface area contributed by atoms with Gasteiger partial charge in [0.05, 0.1) is 11.6 Å². The van der Waals surface area contributed by atoms with Gasteiger partial charge in [0.2, 0.25) is 5.91 Å². The van der Waals surface area contributed by atoms with Crippen LogP contribution in [0.15, 0.2) is 18.2 Å². The summed E-state index contributed by atoms with van der Waals surface area (Å²) in [6.07, 6.45) is 4.04. The van der Waals surface area contributed by atoms with Gasteiger partial charge in [0, 0.05) is 12.2 Å². The highest BCUT2D eigenvalue weighted by atomic mass is 16.4. The molecule has 1 heterocycles. The first-order chi connectivity index (χ1) is 10.1. The Hall–Kier alpha value is -1.88. The van der Waals surface area contributed by atoms with Gasteiger partial charge in [-0.2, -0.15) is 0 Å². The van der Waals surface area contributed by atoms with Crippen molar-refractivity contribution in [2.45, 2.75) is 45.1 Å². The van der Waals surface area contributed by atoms with Crippen molar-refractivity contribution in [2.75, 3.05) is 11.4 Å². The number of carboxylic acid groups (broad SMARTS) is 1. The van der Waals surface area contributed by atoms with Gasteiger partial charge < -0.3 is 15.7 Å². The summed E-state index contributed by atoms with van der Waals surface area (Å²) in [7, 11) is 0. The van der Waals surface area contributed by atoms with Gasteiger partial charge in [-0.05, 0) is 37.0 Å². The lowest BCUT2D eigenvalue weighted by molar-refractivity contribution is -0.120. The predicted octanol–water partition coefficient (Wildman–Crippen LogP) is 2.18. The fourth-order valence-corrected chi connectivity index (χ4v) is 2.80. The quantitative estimate of drug-likeness (QED) is 0.870. The Morgan fingerprint density at radius 1 is 1.43 bits per heavy atom. The number of rotatable bonds is 5. The molecule has 1 aromatic rings. The average Bonchev–Trinajstić information content (AvgIpc) is 2.50. The number of fused-ring (bicyclic) bond motifs is 1. The number of anilines is 1. The number of carbonyl (C=O) groups excluding carboxylic acids is 1. The summed E-state index contributed by atoms with van der Waals surface area (Å²) in [5.41, 5.74) is 7.72.